The largest absolute Gasteiger partial charge is 0.494 e. The van der Waals surface area contributed by atoms with Gasteiger partial charge in [0.05, 0.1) is 20.8 Å². The fourth-order valence-corrected chi connectivity index (χ4v) is 3.60. The molecule has 2 aromatic carbocycles. The first kappa shape index (κ1) is 23.6. The Morgan fingerprint density at radius 2 is 1.70 bits per heavy atom. The zero-order valence-corrected chi connectivity index (χ0v) is 19.2. The van der Waals surface area contributed by atoms with Crippen LogP contribution in [0.5, 0.6) is 17.2 Å². The third-order valence-corrected chi connectivity index (χ3v) is 5.40. The van der Waals surface area contributed by atoms with E-state index in [1.54, 1.807) is 39.4 Å². The highest BCUT2D eigenvalue weighted by atomic mass is 16.5. The fourth-order valence-electron chi connectivity index (χ4n) is 3.60. The summed E-state index contributed by atoms with van der Waals surface area (Å²) < 4.78 is 16.0. The van der Waals surface area contributed by atoms with Gasteiger partial charge >= 0.3 is 0 Å². The van der Waals surface area contributed by atoms with E-state index in [0.717, 1.165) is 21.8 Å². The second kappa shape index (κ2) is 10.5. The lowest BCUT2D eigenvalue weighted by atomic mass is 9.93. The molecule has 33 heavy (non-hydrogen) atoms. The summed E-state index contributed by atoms with van der Waals surface area (Å²) >= 11 is 0. The Kier molecular flexibility index (Phi) is 7.52. The predicted molar refractivity (Wildman–Crippen MR) is 124 cm³/mol. The number of carbonyl (C=O) groups excluding carboxylic acids is 2. The van der Waals surface area contributed by atoms with Gasteiger partial charge in [0.25, 0.3) is 11.8 Å². The molecule has 0 atom stereocenters. The van der Waals surface area contributed by atoms with Gasteiger partial charge in [-0.3, -0.25) is 14.5 Å². The van der Waals surface area contributed by atoms with Crippen LogP contribution in [-0.4, -0.2) is 44.1 Å². The Bertz CT molecular complexity index is 1160. The van der Waals surface area contributed by atoms with E-state index in [0.29, 0.717) is 35.7 Å². The molecule has 2 aromatic rings. The molecule has 0 aromatic heterocycles. The van der Waals surface area contributed by atoms with E-state index >= 15 is 0 Å². The van der Waals surface area contributed by atoms with E-state index in [1.807, 2.05) is 43.3 Å². The molecular weight excluding hydrogens is 420 g/mol. The van der Waals surface area contributed by atoms with Crippen molar-refractivity contribution < 1.29 is 23.8 Å². The van der Waals surface area contributed by atoms with Gasteiger partial charge in [-0.2, -0.15) is 5.26 Å². The van der Waals surface area contributed by atoms with E-state index in [2.05, 4.69) is 0 Å². The molecule has 1 aliphatic heterocycles. The predicted octanol–water partition coefficient (Wildman–Crippen LogP) is 3.94. The number of hydrogen-bond donors (Lipinski definition) is 0. The Morgan fingerprint density at radius 3 is 2.30 bits per heavy atom. The number of nitriles is 1. The quantitative estimate of drug-likeness (QED) is 0.451. The number of ether oxygens (including phenoxy) is 3. The van der Waals surface area contributed by atoms with Crippen LogP contribution in [0.1, 0.15) is 25.0 Å². The zero-order valence-electron chi connectivity index (χ0n) is 19.2. The highest BCUT2D eigenvalue weighted by molar-refractivity contribution is 6.19. The highest BCUT2D eigenvalue weighted by Gasteiger charge is 2.35. The number of amides is 2. The third-order valence-electron chi connectivity index (χ3n) is 5.40. The zero-order chi connectivity index (χ0) is 24.0. The smallest absolute Gasteiger partial charge is 0.271 e. The number of hydrogen-bond acceptors (Lipinski definition) is 6. The second-order valence-electron chi connectivity index (χ2n) is 7.37. The van der Waals surface area contributed by atoms with Crippen molar-refractivity contribution in [2.75, 3.05) is 27.4 Å². The van der Waals surface area contributed by atoms with E-state index in [9.17, 15) is 14.9 Å². The van der Waals surface area contributed by atoms with Gasteiger partial charge < -0.3 is 14.2 Å². The summed E-state index contributed by atoms with van der Waals surface area (Å²) in [5.41, 5.74) is 2.31. The van der Waals surface area contributed by atoms with Gasteiger partial charge in [-0.05, 0) is 67.3 Å². The van der Waals surface area contributed by atoms with Crippen LogP contribution < -0.4 is 14.2 Å². The lowest BCUT2D eigenvalue weighted by Crippen LogP contribution is -2.43. The summed E-state index contributed by atoms with van der Waals surface area (Å²) in [5, 5.41) is 9.59. The number of benzene rings is 2. The Hall–Kier alpha value is -4.05. The molecule has 0 unspecified atom stereocenters. The van der Waals surface area contributed by atoms with E-state index in [1.165, 1.54) is 0 Å². The normalized spacial score (nSPS) is 15.0. The summed E-state index contributed by atoms with van der Waals surface area (Å²) in [7, 11) is 3.10. The van der Waals surface area contributed by atoms with Crippen molar-refractivity contribution in [1.82, 2.24) is 4.90 Å². The lowest BCUT2D eigenvalue weighted by molar-refractivity contribution is -0.140. The van der Waals surface area contributed by atoms with Gasteiger partial charge in [0.1, 0.15) is 17.4 Å². The molecule has 3 rings (SSSR count). The van der Waals surface area contributed by atoms with Gasteiger partial charge in [0, 0.05) is 12.1 Å². The molecule has 2 amide bonds. The molecule has 7 heteroatoms. The van der Waals surface area contributed by atoms with Crippen LogP contribution in [0.2, 0.25) is 0 Å². The van der Waals surface area contributed by atoms with Crippen molar-refractivity contribution in [2.45, 2.75) is 20.3 Å². The van der Waals surface area contributed by atoms with Crippen LogP contribution in [0.3, 0.4) is 0 Å². The van der Waals surface area contributed by atoms with Gasteiger partial charge in [0.15, 0.2) is 11.5 Å². The van der Waals surface area contributed by atoms with Crippen LogP contribution >= 0.6 is 0 Å². The van der Waals surface area contributed by atoms with Crippen LogP contribution in [0, 0.1) is 11.3 Å². The number of carbonyl (C=O) groups is 2. The molecule has 0 saturated carbocycles. The number of rotatable bonds is 8. The number of nitrogens with zero attached hydrogens (tertiary/aromatic N) is 2. The molecule has 1 heterocycles. The van der Waals surface area contributed by atoms with Crippen LogP contribution in [0.4, 0.5) is 0 Å². The number of methoxy groups -OCH3 is 2. The minimum Gasteiger partial charge on any atom is -0.494 e. The molecular formula is C26H26N2O5. The average Bonchev–Trinajstić information content (AvgIpc) is 2.83. The van der Waals surface area contributed by atoms with Crippen molar-refractivity contribution in [3.63, 3.8) is 0 Å². The molecule has 0 fully saturated rings. The van der Waals surface area contributed by atoms with Gasteiger partial charge in [-0.15, -0.1) is 0 Å². The van der Waals surface area contributed by atoms with Crippen LogP contribution in [0.25, 0.3) is 6.08 Å². The van der Waals surface area contributed by atoms with Gasteiger partial charge in [-0.25, -0.2) is 0 Å². The molecule has 7 nitrogen and oxygen atoms in total. The Labute approximate surface area is 193 Å². The Balaban J connectivity index is 1.88. The lowest BCUT2D eigenvalue weighted by Gasteiger charge is -2.27. The maximum Gasteiger partial charge on any atom is 0.271 e. The van der Waals surface area contributed by atoms with E-state index in [-0.39, 0.29) is 12.1 Å². The summed E-state index contributed by atoms with van der Waals surface area (Å²) in [6.45, 7) is 4.22. The summed E-state index contributed by atoms with van der Waals surface area (Å²) in [5.74, 6) is 0.884. The fraction of sp³-hybridized carbons (Fsp3) is 0.269. The first-order chi connectivity index (χ1) is 15.9. The maximum atomic E-state index is 13.3. The Morgan fingerprint density at radius 1 is 1.00 bits per heavy atom. The van der Waals surface area contributed by atoms with Crippen LogP contribution in [-0.2, 0) is 16.0 Å². The first-order valence-electron chi connectivity index (χ1n) is 10.6. The molecule has 1 aliphatic rings. The van der Waals surface area contributed by atoms with Crippen molar-refractivity contribution in [1.29, 1.82) is 5.26 Å². The minimum absolute atomic E-state index is 0.0286. The molecule has 0 radical (unpaired) electrons. The van der Waals surface area contributed by atoms with Gasteiger partial charge in [-0.1, -0.05) is 18.2 Å². The number of imide groups is 1. The molecule has 0 bridgehead atoms. The molecule has 170 valence electrons. The molecule has 0 aliphatic carbocycles. The summed E-state index contributed by atoms with van der Waals surface area (Å²) in [4.78, 5) is 27.3. The van der Waals surface area contributed by atoms with Crippen molar-refractivity contribution in [2.24, 2.45) is 0 Å². The standard InChI is InChI=1S/C26H26N2O5/c1-5-33-20-9-6-18(7-10-20)14-21-17(2)22(16-27)26(30)28(25(21)29)13-12-19-8-11-23(31-3)24(15-19)32-4/h6-11,14-15H,5,12-13H2,1-4H3/b21-14+. The molecule has 0 N–H and O–H groups in total. The molecule has 0 saturated heterocycles. The van der Waals surface area contributed by atoms with Crippen molar-refractivity contribution >= 4 is 17.9 Å². The van der Waals surface area contributed by atoms with Crippen molar-refractivity contribution in [3.8, 4) is 23.3 Å². The van der Waals surface area contributed by atoms with Crippen LogP contribution in [0.15, 0.2) is 59.2 Å². The first-order valence-corrected chi connectivity index (χ1v) is 10.6. The van der Waals surface area contributed by atoms with Crippen molar-refractivity contribution in [3.05, 3.63) is 70.3 Å². The van der Waals surface area contributed by atoms with Gasteiger partial charge in [0.2, 0.25) is 0 Å². The highest BCUT2D eigenvalue weighted by Crippen LogP contribution is 2.30. The SMILES string of the molecule is CCOc1ccc(/C=C2/C(=O)N(CCc3ccc(OC)c(OC)c3)C(=O)C(C#N)=C2C)cc1. The topological polar surface area (TPSA) is 88.9 Å². The second-order valence-corrected chi connectivity index (χ2v) is 7.37. The van der Waals surface area contributed by atoms with E-state index in [4.69, 9.17) is 14.2 Å². The monoisotopic (exact) mass is 446 g/mol. The summed E-state index contributed by atoms with van der Waals surface area (Å²) in [6, 6.07) is 14.7. The maximum absolute atomic E-state index is 13.3. The summed E-state index contributed by atoms with van der Waals surface area (Å²) in [6.07, 6.45) is 2.10. The minimum atomic E-state index is -0.579. The average molecular weight is 447 g/mol. The van der Waals surface area contributed by atoms with E-state index < -0.39 is 11.8 Å². The molecule has 0 spiro atoms. The third kappa shape index (κ3) is 5.07.